The maximum Gasteiger partial charge on any atom is 0.335 e. The Morgan fingerprint density at radius 2 is 1.57 bits per heavy atom. The van der Waals surface area contributed by atoms with Crippen LogP contribution in [0.1, 0.15) is 79.1 Å². The molecule has 0 aromatic heterocycles. The van der Waals surface area contributed by atoms with E-state index in [0.29, 0.717) is 15.8 Å². The number of carbonyl (C=O) groups is 2. The largest absolute Gasteiger partial charge is 0.492 e. The molecule has 282 valence electrons. The van der Waals surface area contributed by atoms with Crippen molar-refractivity contribution in [1.29, 1.82) is 0 Å². The van der Waals surface area contributed by atoms with Crippen LogP contribution in [0.2, 0.25) is 10.0 Å². The second kappa shape index (κ2) is 15.7. The lowest BCUT2D eigenvalue weighted by molar-refractivity contribution is -0.119. The highest BCUT2D eigenvalue weighted by atomic mass is 35.5. The Bertz CT molecular complexity index is 2160. The van der Waals surface area contributed by atoms with Crippen LogP contribution >= 0.6 is 23.2 Å². The van der Waals surface area contributed by atoms with Crippen LogP contribution < -0.4 is 9.64 Å². The zero-order chi connectivity index (χ0) is 39.0. The van der Waals surface area contributed by atoms with Gasteiger partial charge >= 0.3 is 5.97 Å². The highest BCUT2D eigenvalue weighted by Gasteiger charge is 2.38. The van der Waals surface area contributed by atoms with Crippen LogP contribution in [0.25, 0.3) is 0 Å². The summed E-state index contributed by atoms with van der Waals surface area (Å²) >= 11 is 12.2. The van der Waals surface area contributed by atoms with Gasteiger partial charge in [-0.05, 0) is 77.6 Å². The number of rotatable bonds is 13. The molecule has 0 heterocycles. The Hall–Kier alpha value is -4.17. The number of carbonyl (C=O) groups excluding carboxylic acids is 1. The predicted molar refractivity (Wildman–Crippen MR) is 193 cm³/mol. The van der Waals surface area contributed by atoms with Crippen LogP contribution in [0.3, 0.4) is 0 Å². The van der Waals surface area contributed by atoms with Crippen LogP contribution in [0.4, 0.5) is 23.2 Å². The lowest BCUT2D eigenvalue weighted by Crippen LogP contribution is -2.43. The number of carboxylic acids is 1. The van der Waals surface area contributed by atoms with E-state index in [9.17, 15) is 36.3 Å². The van der Waals surface area contributed by atoms with Crippen molar-refractivity contribution in [2.75, 3.05) is 18.1 Å². The summed E-state index contributed by atoms with van der Waals surface area (Å²) in [7, 11) is -5.43. The highest BCUT2D eigenvalue weighted by Crippen LogP contribution is 2.42. The van der Waals surface area contributed by atoms with Crippen molar-refractivity contribution in [3.8, 4) is 5.75 Å². The number of amides is 1. The first-order chi connectivity index (χ1) is 24.8. The SMILES string of the molecule is CCOc1cc(C(=O)O)ccc1N(Cc1cc(C2CC2)cc(C(C)(C)C)c1)C(=O)CN(Cc1ccccc1Cl)S(=O)(=O)c1c(F)c(F)c(F)c(F)c1Cl. The summed E-state index contributed by atoms with van der Waals surface area (Å²) in [5, 5.41) is 8.19. The van der Waals surface area contributed by atoms with Crippen molar-refractivity contribution in [2.24, 2.45) is 0 Å². The van der Waals surface area contributed by atoms with E-state index in [2.05, 4.69) is 6.07 Å². The van der Waals surface area contributed by atoms with E-state index in [0.717, 1.165) is 24.0 Å². The van der Waals surface area contributed by atoms with E-state index in [1.165, 1.54) is 41.3 Å². The number of hydrogen-bond acceptors (Lipinski definition) is 5. The summed E-state index contributed by atoms with van der Waals surface area (Å²) in [5.74, 6) is -11.0. The Morgan fingerprint density at radius 3 is 2.17 bits per heavy atom. The van der Waals surface area contributed by atoms with Gasteiger partial charge in [-0.15, -0.1) is 0 Å². The second-order valence-electron chi connectivity index (χ2n) is 13.7. The molecule has 8 nitrogen and oxygen atoms in total. The summed E-state index contributed by atoms with van der Waals surface area (Å²) in [6.45, 7) is 5.87. The van der Waals surface area contributed by atoms with Gasteiger partial charge in [0, 0.05) is 11.6 Å². The monoisotopic (exact) mass is 794 g/mol. The van der Waals surface area contributed by atoms with Gasteiger partial charge in [0.05, 0.1) is 30.9 Å². The normalized spacial score (nSPS) is 13.3. The molecule has 4 aromatic carbocycles. The molecule has 0 saturated heterocycles. The number of hydrogen-bond donors (Lipinski definition) is 1. The van der Waals surface area contributed by atoms with Gasteiger partial charge in [0.25, 0.3) is 0 Å². The van der Waals surface area contributed by atoms with E-state index < -0.39 is 68.2 Å². The minimum atomic E-state index is -5.43. The quantitative estimate of drug-likeness (QED) is 0.0823. The van der Waals surface area contributed by atoms with E-state index in [1.54, 1.807) is 13.0 Å². The number of anilines is 1. The summed E-state index contributed by atoms with van der Waals surface area (Å²) in [6, 6.07) is 15.7. The minimum absolute atomic E-state index is 0.00702. The first-order valence-corrected chi connectivity index (χ1v) is 18.7. The summed E-state index contributed by atoms with van der Waals surface area (Å²) in [5.41, 5.74) is 2.46. The molecule has 0 bridgehead atoms. The van der Waals surface area contributed by atoms with Gasteiger partial charge in [-0.25, -0.2) is 30.8 Å². The topological polar surface area (TPSA) is 104 Å². The molecule has 0 atom stereocenters. The molecular weight excluding hydrogens is 759 g/mol. The molecule has 0 spiro atoms. The number of halogens is 6. The highest BCUT2D eigenvalue weighted by molar-refractivity contribution is 7.89. The van der Waals surface area contributed by atoms with Gasteiger partial charge in [0.15, 0.2) is 23.3 Å². The van der Waals surface area contributed by atoms with E-state index >= 15 is 4.39 Å². The maximum absolute atomic E-state index is 15.3. The zero-order valence-corrected chi connectivity index (χ0v) is 31.5. The van der Waals surface area contributed by atoms with Gasteiger partial charge in [0.2, 0.25) is 15.9 Å². The van der Waals surface area contributed by atoms with E-state index in [-0.39, 0.29) is 46.2 Å². The summed E-state index contributed by atoms with van der Waals surface area (Å²) < 4.78 is 93.0. The molecule has 0 unspecified atom stereocenters. The van der Waals surface area contributed by atoms with Crippen LogP contribution in [0.5, 0.6) is 5.75 Å². The molecule has 1 fully saturated rings. The average Bonchev–Trinajstić information content (AvgIpc) is 3.95. The Kier molecular flexibility index (Phi) is 11.8. The molecule has 4 aromatic rings. The average molecular weight is 796 g/mol. The number of nitrogens with zero attached hydrogens (tertiary/aromatic N) is 2. The van der Waals surface area contributed by atoms with Crippen molar-refractivity contribution >= 4 is 50.8 Å². The first-order valence-electron chi connectivity index (χ1n) is 16.5. The smallest absolute Gasteiger partial charge is 0.335 e. The van der Waals surface area contributed by atoms with Gasteiger partial charge < -0.3 is 14.7 Å². The maximum atomic E-state index is 15.3. The van der Waals surface area contributed by atoms with Crippen molar-refractivity contribution in [3.63, 3.8) is 0 Å². The Balaban J connectivity index is 1.68. The molecule has 1 amide bonds. The molecule has 1 aliphatic rings. The summed E-state index contributed by atoms with van der Waals surface area (Å²) in [6.07, 6.45) is 1.97. The van der Waals surface area contributed by atoms with Crippen LogP contribution in [-0.2, 0) is 33.3 Å². The fourth-order valence-corrected chi connectivity index (χ4v) is 7.88. The van der Waals surface area contributed by atoms with Gasteiger partial charge in [-0.1, -0.05) is 80.4 Å². The van der Waals surface area contributed by atoms with Crippen molar-refractivity contribution in [3.05, 3.63) is 122 Å². The Labute approximate surface area is 314 Å². The lowest BCUT2D eigenvalue weighted by Gasteiger charge is -2.30. The molecule has 53 heavy (non-hydrogen) atoms. The van der Waals surface area contributed by atoms with Gasteiger partial charge in [-0.3, -0.25) is 4.79 Å². The van der Waals surface area contributed by atoms with Crippen molar-refractivity contribution in [1.82, 2.24) is 4.31 Å². The third kappa shape index (κ3) is 8.64. The van der Waals surface area contributed by atoms with Gasteiger partial charge in [-0.2, -0.15) is 4.31 Å². The number of sulfonamides is 1. The molecule has 1 aliphatic carbocycles. The van der Waals surface area contributed by atoms with Crippen molar-refractivity contribution in [2.45, 2.75) is 69.9 Å². The lowest BCUT2D eigenvalue weighted by atomic mass is 9.84. The van der Waals surface area contributed by atoms with E-state index in [1.807, 2.05) is 32.9 Å². The number of aromatic carboxylic acids is 1. The molecule has 1 N–H and O–H groups in total. The van der Waals surface area contributed by atoms with E-state index in [4.69, 9.17) is 27.9 Å². The molecule has 1 saturated carbocycles. The van der Waals surface area contributed by atoms with Crippen LogP contribution in [0.15, 0.2) is 65.6 Å². The second-order valence-corrected chi connectivity index (χ2v) is 16.3. The minimum Gasteiger partial charge on any atom is -0.492 e. The van der Waals surface area contributed by atoms with Crippen molar-refractivity contribution < 1.29 is 45.4 Å². The molecule has 0 aliphatic heterocycles. The molecule has 0 radical (unpaired) electrons. The van der Waals surface area contributed by atoms with Crippen LogP contribution in [-0.4, -0.2) is 42.9 Å². The molecule has 15 heteroatoms. The molecular formula is C38H36Cl2F4N2O6S. The summed E-state index contributed by atoms with van der Waals surface area (Å²) in [4.78, 5) is 26.0. The fraction of sp³-hybridized carbons (Fsp3) is 0.316. The number of ether oxygens (including phenoxy) is 1. The number of carboxylic acid groups (broad SMARTS) is 1. The molecule has 5 rings (SSSR count). The third-order valence-electron chi connectivity index (χ3n) is 8.75. The van der Waals surface area contributed by atoms with Gasteiger partial charge in [0.1, 0.15) is 15.7 Å². The Morgan fingerprint density at radius 1 is 0.906 bits per heavy atom. The standard InChI is InChI=1S/C38H36Cl2F4N2O6S/c1-5-52-29-17-23(37(48)49)12-13-28(29)46(18-21-14-25(22-10-11-22)16-26(15-21)38(2,3)4)30(47)20-45(19-24-8-6-7-9-27(24)39)53(50,51)36-31(40)32(41)33(42)34(43)35(36)44/h6-9,12-17,22H,5,10-11,18-20H2,1-4H3,(H,48,49). The number of benzene rings is 4. The zero-order valence-electron chi connectivity index (χ0n) is 29.2. The third-order valence-corrected chi connectivity index (χ3v) is 11.4. The van der Waals surface area contributed by atoms with Crippen LogP contribution in [0, 0.1) is 23.3 Å². The first kappa shape index (κ1) is 40.0. The fourth-order valence-electron chi connectivity index (χ4n) is 5.75. The predicted octanol–water partition coefficient (Wildman–Crippen LogP) is 9.25.